The summed E-state index contributed by atoms with van der Waals surface area (Å²) in [5.41, 5.74) is 11.2. The van der Waals surface area contributed by atoms with Gasteiger partial charge in [0.25, 0.3) is 0 Å². The molecule has 0 saturated heterocycles. The van der Waals surface area contributed by atoms with Gasteiger partial charge in [-0.3, -0.25) is 9.97 Å². The first kappa shape index (κ1) is 33.0. The van der Waals surface area contributed by atoms with Crippen LogP contribution in [0.1, 0.15) is 0 Å². The average Bonchev–Trinajstić information content (AvgIpc) is 3.54. The average molecular weight is 854 g/mol. The van der Waals surface area contributed by atoms with Crippen LogP contribution in [-0.2, 0) is 21.1 Å². The van der Waals surface area contributed by atoms with E-state index in [4.69, 9.17) is 9.97 Å². The van der Waals surface area contributed by atoms with Gasteiger partial charge in [-0.15, -0.1) is 24.3 Å². The second-order valence-electron chi connectivity index (χ2n) is 12.5. The van der Waals surface area contributed by atoms with Crippen LogP contribution >= 0.6 is 0 Å². The molecule has 0 atom stereocenters. The van der Waals surface area contributed by atoms with Crippen molar-refractivity contribution in [2.75, 3.05) is 0 Å². The minimum absolute atomic E-state index is 0. The second kappa shape index (κ2) is 13.9. The maximum absolute atomic E-state index is 14.4. The molecule has 0 amide bonds. The molecule has 0 aliphatic carbocycles. The standard InChI is InChI=1S/C46H29FN3O.Pt/c47-35-21-22-45(51)40(29-35)43-28-34(30-11-3-1-4-12-30)27-42(49-43)33-14-9-13-32(25-33)41-26-31(23-24-48-41)37-18-10-19-39-38-17-7-8-20-44(38)50(46(37)39)36-15-5-2-6-16-36;/h1-24,26-29,51H;/q-1;. The molecule has 9 aromatic rings. The van der Waals surface area contributed by atoms with E-state index in [1.807, 2.05) is 72.9 Å². The molecule has 9 rings (SSSR count). The summed E-state index contributed by atoms with van der Waals surface area (Å²) in [4.78, 5) is 9.71. The fourth-order valence-corrected chi connectivity index (χ4v) is 6.93. The van der Waals surface area contributed by atoms with Gasteiger partial charge in [0.2, 0.25) is 0 Å². The molecule has 0 saturated carbocycles. The van der Waals surface area contributed by atoms with Crippen molar-refractivity contribution < 1.29 is 30.6 Å². The largest absolute Gasteiger partial charge is 0.507 e. The van der Waals surface area contributed by atoms with Gasteiger partial charge in [0.05, 0.1) is 16.7 Å². The van der Waals surface area contributed by atoms with Crippen LogP contribution in [0.4, 0.5) is 4.39 Å². The molecule has 252 valence electrons. The summed E-state index contributed by atoms with van der Waals surface area (Å²) in [7, 11) is 0. The van der Waals surface area contributed by atoms with Crippen LogP contribution in [0.15, 0.2) is 170 Å². The van der Waals surface area contributed by atoms with Crippen molar-refractivity contribution in [3.8, 4) is 67.5 Å². The van der Waals surface area contributed by atoms with Crippen LogP contribution in [0.3, 0.4) is 0 Å². The van der Waals surface area contributed by atoms with E-state index in [1.54, 1.807) is 0 Å². The minimum Gasteiger partial charge on any atom is -0.507 e. The predicted molar refractivity (Wildman–Crippen MR) is 204 cm³/mol. The van der Waals surface area contributed by atoms with Crippen LogP contribution in [0.2, 0.25) is 0 Å². The Morgan fingerprint density at radius 1 is 0.538 bits per heavy atom. The number of nitrogens with zero attached hydrogens (tertiary/aromatic N) is 3. The maximum atomic E-state index is 14.4. The first-order valence-corrected chi connectivity index (χ1v) is 16.7. The van der Waals surface area contributed by atoms with E-state index in [2.05, 4.69) is 89.5 Å². The topological polar surface area (TPSA) is 50.9 Å². The quantitative estimate of drug-likeness (QED) is 0.170. The number of rotatable bonds is 6. The smallest absolute Gasteiger partial charge is 0.125 e. The number of aromatic hydroxyl groups is 1. The number of hydrogen-bond acceptors (Lipinski definition) is 3. The molecular formula is C46H29FN3OPt-. The monoisotopic (exact) mass is 853 g/mol. The Morgan fingerprint density at radius 2 is 1.21 bits per heavy atom. The van der Waals surface area contributed by atoms with Crippen LogP contribution in [0.5, 0.6) is 5.75 Å². The number of fused-ring (bicyclic) bond motifs is 3. The van der Waals surface area contributed by atoms with Crippen LogP contribution < -0.4 is 0 Å². The fraction of sp³-hybridized carbons (Fsp3) is 0. The third kappa shape index (κ3) is 6.00. The zero-order chi connectivity index (χ0) is 34.3. The molecule has 4 nitrogen and oxygen atoms in total. The number of halogens is 1. The van der Waals surface area contributed by atoms with Crippen molar-refractivity contribution in [1.82, 2.24) is 14.5 Å². The first-order valence-electron chi connectivity index (χ1n) is 16.7. The van der Waals surface area contributed by atoms with Crippen LogP contribution in [-0.4, -0.2) is 19.6 Å². The molecule has 0 bridgehead atoms. The molecule has 0 aliphatic rings. The molecule has 6 aromatic carbocycles. The SMILES string of the molecule is Oc1ccc(F)cc1-c1cc(-c2ccccc2)cc(-c2[c-]c(-c3cc(-c4cccc5c6ccccc6n(-c6ccccc6)c45)ccn3)ccc2)n1.[Pt]. The zero-order valence-electron chi connectivity index (χ0n) is 27.6. The molecule has 3 aromatic heterocycles. The van der Waals surface area contributed by atoms with Crippen LogP contribution in [0.25, 0.3) is 83.5 Å². The Balaban J connectivity index is 0.00000387. The molecule has 0 fully saturated rings. The zero-order valence-corrected chi connectivity index (χ0v) is 29.9. The predicted octanol–water partition coefficient (Wildman–Crippen LogP) is 11.6. The number of pyridine rings is 2. The van der Waals surface area contributed by atoms with Crippen molar-refractivity contribution >= 4 is 21.8 Å². The Kier molecular flexibility index (Phi) is 8.80. The van der Waals surface area contributed by atoms with Gasteiger partial charge >= 0.3 is 0 Å². The van der Waals surface area contributed by atoms with Crippen molar-refractivity contribution in [3.63, 3.8) is 0 Å². The van der Waals surface area contributed by atoms with Crippen molar-refractivity contribution in [3.05, 3.63) is 182 Å². The second-order valence-corrected chi connectivity index (χ2v) is 12.5. The Labute approximate surface area is 314 Å². The number of phenols is 1. The molecule has 0 spiro atoms. The summed E-state index contributed by atoms with van der Waals surface area (Å²) >= 11 is 0. The minimum atomic E-state index is -0.449. The fourth-order valence-electron chi connectivity index (χ4n) is 6.93. The summed E-state index contributed by atoms with van der Waals surface area (Å²) in [6.07, 6.45) is 1.85. The first-order chi connectivity index (χ1) is 25.1. The molecule has 1 N–H and O–H groups in total. The summed E-state index contributed by atoms with van der Waals surface area (Å²) in [5.74, 6) is -0.490. The summed E-state index contributed by atoms with van der Waals surface area (Å²) < 4.78 is 16.7. The molecule has 6 heteroatoms. The molecule has 0 radical (unpaired) electrons. The molecule has 3 heterocycles. The van der Waals surface area contributed by atoms with E-state index >= 15 is 0 Å². The van der Waals surface area contributed by atoms with Gasteiger partial charge in [-0.2, -0.15) is 0 Å². The maximum Gasteiger partial charge on any atom is 0.125 e. The van der Waals surface area contributed by atoms with E-state index in [9.17, 15) is 9.50 Å². The summed E-state index contributed by atoms with van der Waals surface area (Å²) in [6, 6.07) is 56.8. The van der Waals surface area contributed by atoms with Gasteiger partial charge in [0, 0.05) is 66.2 Å². The summed E-state index contributed by atoms with van der Waals surface area (Å²) in [5, 5.41) is 13.1. The van der Waals surface area contributed by atoms with Gasteiger partial charge in [-0.25, -0.2) is 4.39 Å². The number of hydrogen-bond donors (Lipinski definition) is 1. The van der Waals surface area contributed by atoms with E-state index in [0.29, 0.717) is 17.0 Å². The Morgan fingerprint density at radius 3 is 2.04 bits per heavy atom. The number of para-hydroxylation sites is 3. The third-order valence-electron chi connectivity index (χ3n) is 9.29. The van der Waals surface area contributed by atoms with E-state index in [0.717, 1.165) is 55.8 Å². The third-order valence-corrected chi connectivity index (χ3v) is 9.29. The van der Waals surface area contributed by atoms with E-state index in [1.165, 1.54) is 29.0 Å². The van der Waals surface area contributed by atoms with Gasteiger partial charge in [-0.1, -0.05) is 108 Å². The number of benzene rings is 6. The van der Waals surface area contributed by atoms with Crippen LogP contribution in [0, 0.1) is 11.9 Å². The van der Waals surface area contributed by atoms with Crippen molar-refractivity contribution in [1.29, 1.82) is 0 Å². The Hall–Kier alpha value is -6.16. The number of aromatic nitrogens is 3. The van der Waals surface area contributed by atoms with Crippen molar-refractivity contribution in [2.24, 2.45) is 0 Å². The van der Waals surface area contributed by atoms with E-state index < -0.39 is 5.82 Å². The molecule has 0 aliphatic heterocycles. The van der Waals surface area contributed by atoms with Gasteiger partial charge in [0.1, 0.15) is 11.6 Å². The normalized spacial score (nSPS) is 11.1. The van der Waals surface area contributed by atoms with Gasteiger partial charge in [-0.05, 0) is 65.2 Å². The van der Waals surface area contributed by atoms with Gasteiger partial charge in [0.15, 0.2) is 0 Å². The molecular weight excluding hydrogens is 825 g/mol. The molecule has 52 heavy (non-hydrogen) atoms. The summed E-state index contributed by atoms with van der Waals surface area (Å²) in [6.45, 7) is 0. The van der Waals surface area contributed by atoms with Gasteiger partial charge < -0.3 is 9.67 Å². The Bertz CT molecular complexity index is 2730. The van der Waals surface area contributed by atoms with Crippen molar-refractivity contribution in [2.45, 2.75) is 0 Å². The number of phenolic OH excluding ortho intramolecular Hbond substituents is 1. The van der Waals surface area contributed by atoms with E-state index in [-0.39, 0.29) is 26.8 Å². The molecule has 0 unspecified atom stereocenters.